The third-order valence-electron chi connectivity index (χ3n) is 14.0. The van der Waals surface area contributed by atoms with Crippen molar-refractivity contribution in [3.8, 4) is 33.4 Å². The van der Waals surface area contributed by atoms with Crippen LogP contribution < -0.4 is 9.80 Å². The summed E-state index contributed by atoms with van der Waals surface area (Å²) in [6.45, 7) is 4.72. The van der Waals surface area contributed by atoms with Gasteiger partial charge in [-0.15, -0.1) is 0 Å². The number of rotatable bonds is 8. The van der Waals surface area contributed by atoms with Gasteiger partial charge in [0.2, 0.25) is 0 Å². The van der Waals surface area contributed by atoms with Crippen molar-refractivity contribution < 1.29 is 0 Å². The zero-order chi connectivity index (χ0) is 46.1. The van der Waals surface area contributed by atoms with Crippen LogP contribution in [0.1, 0.15) is 25.0 Å². The molecule has 0 saturated heterocycles. The van der Waals surface area contributed by atoms with Crippen molar-refractivity contribution in [2.24, 2.45) is 0 Å². The highest BCUT2D eigenvalue weighted by atomic mass is 15.2. The second-order valence-corrected chi connectivity index (χ2v) is 18.2. The van der Waals surface area contributed by atoms with Gasteiger partial charge in [-0.25, -0.2) is 0 Å². The van der Waals surface area contributed by atoms with Crippen LogP contribution in [-0.4, -0.2) is 19.9 Å². The molecule has 0 N–H and O–H groups in total. The van der Waals surface area contributed by atoms with Gasteiger partial charge < -0.3 is 9.80 Å². The molecule has 6 nitrogen and oxygen atoms in total. The summed E-state index contributed by atoms with van der Waals surface area (Å²) in [5.74, 6) is 0. The molecule has 1 aliphatic carbocycles. The van der Waals surface area contributed by atoms with Gasteiger partial charge >= 0.3 is 0 Å². The molecule has 0 spiro atoms. The topological polar surface area (TPSA) is 58.0 Å². The lowest BCUT2D eigenvalue weighted by Crippen LogP contribution is -2.15. The molecule has 0 saturated carbocycles. The Morgan fingerprint density at radius 2 is 0.638 bits per heavy atom. The first-order chi connectivity index (χ1) is 34.0. The summed E-state index contributed by atoms with van der Waals surface area (Å²) < 4.78 is 0. The normalized spacial score (nSPS) is 12.6. The van der Waals surface area contributed by atoms with E-state index in [2.05, 4.69) is 206 Å². The van der Waals surface area contributed by atoms with E-state index >= 15 is 0 Å². The highest BCUT2D eigenvalue weighted by Crippen LogP contribution is 2.54. The van der Waals surface area contributed by atoms with Gasteiger partial charge in [0.1, 0.15) is 0 Å². The zero-order valence-electron chi connectivity index (χ0n) is 38.1. The molecular formula is C63H44N6. The molecule has 0 radical (unpaired) electrons. The van der Waals surface area contributed by atoms with Crippen molar-refractivity contribution in [1.82, 2.24) is 19.9 Å². The molecule has 13 rings (SSSR count). The summed E-state index contributed by atoms with van der Waals surface area (Å²) in [7, 11) is 0. The monoisotopic (exact) mass is 884 g/mol. The quantitative estimate of drug-likeness (QED) is 0.142. The Kier molecular flexibility index (Phi) is 9.41. The molecule has 326 valence electrons. The Morgan fingerprint density at radius 1 is 0.319 bits per heavy atom. The van der Waals surface area contributed by atoms with E-state index in [-0.39, 0.29) is 5.41 Å². The third kappa shape index (κ3) is 6.40. The summed E-state index contributed by atoms with van der Waals surface area (Å²) in [6, 6.07) is 73.1. The van der Waals surface area contributed by atoms with Crippen molar-refractivity contribution >= 4 is 77.7 Å². The fourth-order valence-corrected chi connectivity index (χ4v) is 10.9. The first kappa shape index (κ1) is 40.3. The van der Waals surface area contributed by atoms with Gasteiger partial charge in [-0.05, 0) is 130 Å². The molecule has 0 bridgehead atoms. The minimum absolute atomic E-state index is 0.333. The lowest BCUT2D eigenvalue weighted by molar-refractivity contribution is 0.661. The second-order valence-electron chi connectivity index (χ2n) is 18.2. The summed E-state index contributed by atoms with van der Waals surface area (Å²) >= 11 is 0. The number of benzene rings is 8. The molecule has 0 unspecified atom stereocenters. The van der Waals surface area contributed by atoms with E-state index in [1.54, 1.807) is 0 Å². The summed E-state index contributed by atoms with van der Waals surface area (Å²) in [4.78, 5) is 25.3. The van der Waals surface area contributed by atoms with E-state index in [0.717, 1.165) is 100.0 Å². The van der Waals surface area contributed by atoms with Crippen LogP contribution in [-0.2, 0) is 5.41 Å². The van der Waals surface area contributed by atoms with Gasteiger partial charge in [-0.3, -0.25) is 19.9 Å². The molecule has 69 heavy (non-hydrogen) atoms. The molecule has 6 heteroatoms. The molecule has 4 aromatic heterocycles. The molecule has 4 heterocycles. The maximum absolute atomic E-state index is 5.19. The highest BCUT2D eigenvalue weighted by molar-refractivity contribution is 6.21. The van der Waals surface area contributed by atoms with Crippen LogP contribution >= 0.6 is 0 Å². The SMILES string of the molecule is CC1(C)c2cc(-c3c4cccnc4c(N(c4ccccc4)c4ccccc4)c4cccnc34)ccc2-c2ccc(-c3c4cccnc4c(N(c4ccccc4)c4ccccc4)c4cccnc34)cc21. The molecule has 0 atom stereocenters. The fourth-order valence-electron chi connectivity index (χ4n) is 10.9. The van der Waals surface area contributed by atoms with Crippen molar-refractivity contribution in [3.05, 3.63) is 242 Å². The number of anilines is 6. The predicted molar refractivity (Wildman–Crippen MR) is 285 cm³/mol. The van der Waals surface area contributed by atoms with Crippen LogP contribution in [0.5, 0.6) is 0 Å². The van der Waals surface area contributed by atoms with Gasteiger partial charge in [0.05, 0.1) is 33.4 Å². The second kappa shape index (κ2) is 16.1. The number of hydrogen-bond donors (Lipinski definition) is 0. The zero-order valence-corrected chi connectivity index (χ0v) is 38.1. The minimum atomic E-state index is -0.333. The Bertz CT molecular complexity index is 3480. The fraction of sp³-hybridized carbons (Fsp3) is 0.0476. The Balaban J connectivity index is 0.976. The number of aromatic nitrogens is 4. The maximum Gasteiger partial charge on any atom is 0.0956 e. The predicted octanol–water partition coefficient (Wildman–Crippen LogP) is 16.5. The first-order valence-electron chi connectivity index (χ1n) is 23.5. The molecule has 0 aliphatic heterocycles. The average molecular weight is 885 g/mol. The van der Waals surface area contributed by atoms with Crippen LogP contribution in [0.4, 0.5) is 34.1 Å². The molecule has 0 fully saturated rings. The van der Waals surface area contributed by atoms with Crippen LogP contribution in [0.2, 0.25) is 0 Å². The van der Waals surface area contributed by atoms with E-state index in [1.165, 1.54) is 22.3 Å². The van der Waals surface area contributed by atoms with E-state index in [4.69, 9.17) is 19.9 Å². The Morgan fingerprint density at radius 3 is 0.986 bits per heavy atom. The molecule has 1 aliphatic rings. The van der Waals surface area contributed by atoms with Crippen LogP contribution in [0.25, 0.3) is 77.0 Å². The van der Waals surface area contributed by atoms with Crippen LogP contribution in [0.15, 0.2) is 231 Å². The van der Waals surface area contributed by atoms with Gasteiger partial charge in [0.25, 0.3) is 0 Å². The summed E-state index contributed by atoms with van der Waals surface area (Å²) in [6.07, 6.45) is 7.63. The van der Waals surface area contributed by atoms with Crippen LogP contribution in [0, 0.1) is 0 Å². The summed E-state index contributed by atoms with van der Waals surface area (Å²) in [5.41, 5.74) is 19.0. The molecular weight excluding hydrogens is 841 g/mol. The van der Waals surface area contributed by atoms with Gasteiger partial charge in [-0.1, -0.05) is 123 Å². The lowest BCUT2D eigenvalue weighted by Gasteiger charge is -2.29. The Labute approximate surface area is 400 Å². The van der Waals surface area contributed by atoms with Gasteiger partial charge in [0.15, 0.2) is 0 Å². The number of fused-ring (bicyclic) bond motifs is 7. The number of para-hydroxylation sites is 4. The summed E-state index contributed by atoms with van der Waals surface area (Å²) in [5, 5.41) is 4.16. The van der Waals surface area contributed by atoms with Crippen molar-refractivity contribution in [1.29, 1.82) is 0 Å². The third-order valence-corrected chi connectivity index (χ3v) is 14.0. The minimum Gasteiger partial charge on any atom is -0.308 e. The lowest BCUT2D eigenvalue weighted by atomic mass is 9.80. The maximum atomic E-state index is 5.19. The first-order valence-corrected chi connectivity index (χ1v) is 23.5. The largest absolute Gasteiger partial charge is 0.308 e. The van der Waals surface area contributed by atoms with Crippen molar-refractivity contribution in [2.45, 2.75) is 19.3 Å². The average Bonchev–Trinajstić information content (AvgIpc) is 3.64. The number of hydrogen-bond acceptors (Lipinski definition) is 6. The van der Waals surface area contributed by atoms with E-state index < -0.39 is 0 Å². The smallest absolute Gasteiger partial charge is 0.0956 e. The molecule has 0 amide bonds. The van der Waals surface area contributed by atoms with Crippen molar-refractivity contribution in [2.75, 3.05) is 9.80 Å². The number of pyridine rings is 4. The Hall–Kier alpha value is -9.00. The molecule has 8 aromatic carbocycles. The molecule has 12 aromatic rings. The van der Waals surface area contributed by atoms with Crippen molar-refractivity contribution in [3.63, 3.8) is 0 Å². The van der Waals surface area contributed by atoms with Gasteiger partial charge in [-0.2, -0.15) is 0 Å². The van der Waals surface area contributed by atoms with E-state index in [0.29, 0.717) is 0 Å². The standard InChI is InChI=1S/C63H44N6/c1-63(2)53-39-41(55-49-27-15-37-66-59(49)61(51-29-17-35-64-57(51)55)68(43-19-7-3-8-20-43)44-21-9-4-10-22-44)31-33-47(53)48-34-32-42(40-54(48)63)56-50-28-16-38-67-60(50)62(52-30-18-36-65-58(52)56)69(45-23-11-5-12-24-45)46-25-13-6-14-26-46/h3-40H,1-2H3. The van der Waals surface area contributed by atoms with Gasteiger partial charge in [0, 0.05) is 85.6 Å². The highest BCUT2D eigenvalue weighted by Gasteiger charge is 2.37. The van der Waals surface area contributed by atoms with E-state index in [1.807, 2.05) is 49.1 Å². The van der Waals surface area contributed by atoms with Crippen LogP contribution in [0.3, 0.4) is 0 Å². The number of nitrogens with zero attached hydrogens (tertiary/aromatic N) is 6. The van der Waals surface area contributed by atoms with E-state index in [9.17, 15) is 0 Å².